The summed E-state index contributed by atoms with van der Waals surface area (Å²) >= 11 is 19.4. The fourth-order valence-corrected chi connectivity index (χ4v) is 5.85. The van der Waals surface area contributed by atoms with Crippen molar-refractivity contribution in [3.8, 4) is 0 Å². The molecular weight excluding hydrogens is 503 g/mol. The van der Waals surface area contributed by atoms with Gasteiger partial charge in [-0.3, -0.25) is 10.1 Å². The highest BCUT2D eigenvalue weighted by Crippen LogP contribution is 2.39. The van der Waals surface area contributed by atoms with Gasteiger partial charge >= 0.3 is 5.69 Å². The van der Waals surface area contributed by atoms with Crippen LogP contribution in [-0.4, -0.2) is 20.1 Å². The van der Waals surface area contributed by atoms with Crippen molar-refractivity contribution in [2.45, 2.75) is 19.5 Å². The number of benzene rings is 1. The van der Waals surface area contributed by atoms with Crippen molar-refractivity contribution < 1.29 is 4.92 Å². The zero-order valence-corrected chi connectivity index (χ0v) is 18.1. The first-order chi connectivity index (χ1) is 12.4. The van der Waals surface area contributed by atoms with Gasteiger partial charge in [0.05, 0.1) is 4.92 Å². The van der Waals surface area contributed by atoms with Crippen LogP contribution in [0.4, 0.5) is 5.69 Å². The average Bonchev–Trinajstić information content (AvgIpc) is 3.03. The Morgan fingerprint density at radius 2 is 1.92 bits per heavy atom. The van der Waals surface area contributed by atoms with E-state index in [1.807, 2.05) is 0 Å². The van der Waals surface area contributed by atoms with Crippen LogP contribution in [0, 0.1) is 10.1 Å². The molecule has 0 fully saturated rings. The summed E-state index contributed by atoms with van der Waals surface area (Å²) < 4.78 is 1.82. The van der Waals surface area contributed by atoms with E-state index in [1.165, 1.54) is 35.4 Å². The first kappa shape index (κ1) is 19.8. The second-order valence-electron chi connectivity index (χ2n) is 4.66. The molecule has 1 aromatic carbocycles. The molecule has 2 aromatic heterocycles. The molecule has 2 heterocycles. The van der Waals surface area contributed by atoms with Gasteiger partial charge in [-0.15, -0.1) is 10.2 Å². The van der Waals surface area contributed by atoms with E-state index in [-0.39, 0.29) is 10.7 Å². The van der Waals surface area contributed by atoms with Crippen molar-refractivity contribution >= 4 is 79.7 Å². The Morgan fingerprint density at radius 1 is 1.23 bits per heavy atom. The molecule has 0 saturated carbocycles. The molecule has 0 aliphatic heterocycles. The predicted octanol–water partition coefficient (Wildman–Crippen LogP) is 6.35. The minimum absolute atomic E-state index is 0.0865. The van der Waals surface area contributed by atoms with Gasteiger partial charge in [-0.1, -0.05) is 52.4 Å². The number of thioether (sulfide) groups is 1. The van der Waals surface area contributed by atoms with E-state index >= 15 is 0 Å². The molecule has 0 atom stereocenters. The average molecular weight is 510 g/mol. The summed E-state index contributed by atoms with van der Waals surface area (Å²) in [5, 5.41) is 20.8. The maximum Gasteiger partial charge on any atom is 0.302 e. The van der Waals surface area contributed by atoms with E-state index in [9.17, 15) is 10.1 Å². The Labute approximate surface area is 179 Å². The van der Waals surface area contributed by atoms with Crippen LogP contribution in [-0.2, 0) is 5.75 Å². The number of hydrogen-bond donors (Lipinski definition) is 0. The van der Waals surface area contributed by atoms with E-state index in [1.54, 1.807) is 18.2 Å². The minimum Gasteiger partial charge on any atom is -0.258 e. The third-order valence-corrected chi connectivity index (χ3v) is 7.25. The Balaban J connectivity index is 1.72. The zero-order chi connectivity index (χ0) is 18.7. The second-order valence-corrected chi connectivity index (χ2v) is 9.83. The number of nitrogens with zero attached hydrogens (tertiary/aromatic N) is 4. The van der Waals surface area contributed by atoms with Crippen molar-refractivity contribution in [2.75, 3.05) is 0 Å². The molecule has 3 aromatic rings. The Bertz CT molecular complexity index is 953. The summed E-state index contributed by atoms with van der Waals surface area (Å²) in [5.74, 6) is 0.550. The van der Waals surface area contributed by atoms with Crippen molar-refractivity contribution in [3.05, 3.63) is 60.7 Å². The summed E-state index contributed by atoms with van der Waals surface area (Å²) in [5.41, 5.74) is 0.743. The van der Waals surface area contributed by atoms with E-state index < -0.39 is 4.92 Å². The van der Waals surface area contributed by atoms with Gasteiger partial charge in [0, 0.05) is 32.5 Å². The van der Waals surface area contributed by atoms with Crippen LogP contribution in [0.5, 0.6) is 0 Å². The maximum atomic E-state index is 11.2. The van der Waals surface area contributed by atoms with Crippen molar-refractivity contribution in [2.24, 2.45) is 0 Å². The van der Waals surface area contributed by atoms with Crippen LogP contribution < -0.4 is 0 Å². The monoisotopic (exact) mass is 508 g/mol. The van der Waals surface area contributed by atoms with Gasteiger partial charge in [0.2, 0.25) is 0 Å². The minimum atomic E-state index is -0.476. The second kappa shape index (κ2) is 8.85. The summed E-state index contributed by atoms with van der Waals surface area (Å²) in [6.45, 7) is 0. The third kappa shape index (κ3) is 4.87. The van der Waals surface area contributed by atoms with E-state index in [0.717, 1.165) is 17.3 Å². The maximum absolute atomic E-state index is 11.2. The molecule has 6 nitrogen and oxygen atoms in total. The fourth-order valence-electron chi connectivity index (χ4n) is 1.81. The molecule has 0 unspecified atom stereocenters. The largest absolute Gasteiger partial charge is 0.302 e. The molecular formula is C14H7BrCl2N4O2S3. The summed E-state index contributed by atoms with van der Waals surface area (Å²) in [6.07, 6.45) is 1.51. The van der Waals surface area contributed by atoms with Gasteiger partial charge in [0.1, 0.15) is 0 Å². The molecule has 26 heavy (non-hydrogen) atoms. The van der Waals surface area contributed by atoms with E-state index in [2.05, 4.69) is 31.1 Å². The lowest BCUT2D eigenvalue weighted by atomic mass is 10.2. The third-order valence-electron chi connectivity index (χ3n) is 2.97. The molecule has 0 aliphatic rings. The first-order valence-electron chi connectivity index (χ1n) is 6.81. The Hall–Kier alpha value is -0.910. The lowest BCUT2D eigenvalue weighted by molar-refractivity contribution is -0.388. The van der Waals surface area contributed by atoms with Crippen molar-refractivity contribution in [1.82, 2.24) is 15.2 Å². The molecule has 0 saturated heterocycles. The van der Waals surface area contributed by atoms with Crippen molar-refractivity contribution in [1.29, 1.82) is 0 Å². The number of rotatable bonds is 6. The molecule has 0 N–H and O–H groups in total. The van der Waals surface area contributed by atoms with Gasteiger partial charge in [0.15, 0.2) is 13.7 Å². The van der Waals surface area contributed by atoms with Crippen LogP contribution in [0.25, 0.3) is 0 Å². The predicted molar refractivity (Wildman–Crippen MR) is 109 cm³/mol. The highest BCUT2D eigenvalue weighted by molar-refractivity contribution is 9.10. The molecule has 12 heteroatoms. The molecule has 0 spiro atoms. The van der Waals surface area contributed by atoms with Gasteiger partial charge in [0.25, 0.3) is 0 Å². The Kier molecular flexibility index (Phi) is 6.76. The highest BCUT2D eigenvalue weighted by Gasteiger charge is 2.19. The summed E-state index contributed by atoms with van der Waals surface area (Å²) in [7, 11) is 0. The topological polar surface area (TPSA) is 81.8 Å². The lowest BCUT2D eigenvalue weighted by Gasteiger charge is -2.04. The van der Waals surface area contributed by atoms with Crippen LogP contribution >= 0.6 is 74.0 Å². The van der Waals surface area contributed by atoms with Gasteiger partial charge in [-0.25, -0.2) is 4.98 Å². The molecule has 0 bridgehead atoms. The first-order valence-corrected chi connectivity index (χ1v) is 11.0. The number of halogens is 3. The van der Waals surface area contributed by atoms with Crippen LogP contribution in [0.15, 0.2) is 48.6 Å². The number of aromatic nitrogens is 3. The zero-order valence-electron chi connectivity index (χ0n) is 12.6. The smallest absolute Gasteiger partial charge is 0.258 e. The number of hydrogen-bond acceptors (Lipinski definition) is 8. The van der Waals surface area contributed by atoms with Gasteiger partial charge in [-0.05, 0) is 45.4 Å². The van der Waals surface area contributed by atoms with Gasteiger partial charge in [-0.2, -0.15) is 0 Å². The molecule has 0 amide bonds. The molecule has 134 valence electrons. The normalized spacial score (nSPS) is 10.9. The summed E-state index contributed by atoms with van der Waals surface area (Å²) in [6, 6.07) is 6.76. The molecule has 0 radical (unpaired) electrons. The molecule has 0 aliphatic carbocycles. The SMILES string of the molecule is O=[N+]([O-])c1cc(Br)cnc1Sc1nnc(SCc2c(Cl)cccc2Cl)s1. The number of nitro groups is 1. The lowest BCUT2D eigenvalue weighted by Crippen LogP contribution is -1.93. The van der Waals surface area contributed by atoms with Crippen LogP contribution in [0.1, 0.15) is 5.56 Å². The highest BCUT2D eigenvalue weighted by atomic mass is 79.9. The standard InChI is InChI=1S/C14H7BrCl2N4O2S3/c15-7-4-11(21(22)23)12(18-5-7)25-14-20-19-13(26-14)24-6-8-9(16)2-1-3-10(8)17/h1-5H,6H2. The number of pyridine rings is 1. The van der Waals surface area contributed by atoms with Crippen molar-refractivity contribution in [3.63, 3.8) is 0 Å². The summed E-state index contributed by atoms with van der Waals surface area (Å²) in [4.78, 5) is 14.8. The molecule has 3 rings (SSSR count). The van der Waals surface area contributed by atoms with E-state index in [4.69, 9.17) is 23.2 Å². The Morgan fingerprint density at radius 3 is 2.62 bits per heavy atom. The van der Waals surface area contributed by atoms with Crippen LogP contribution in [0.3, 0.4) is 0 Å². The quantitative estimate of drug-likeness (QED) is 0.217. The van der Waals surface area contributed by atoms with Gasteiger partial charge < -0.3 is 0 Å². The fraction of sp³-hybridized carbons (Fsp3) is 0.0714. The van der Waals surface area contributed by atoms with E-state index in [0.29, 0.717) is 29.0 Å². The van der Waals surface area contributed by atoms with Crippen LogP contribution in [0.2, 0.25) is 10.0 Å².